The molecule has 24 heavy (non-hydrogen) atoms. The summed E-state index contributed by atoms with van der Waals surface area (Å²) in [7, 11) is 1.97. The molecule has 6 heteroatoms. The number of aliphatic hydroxyl groups is 1. The van der Waals surface area contributed by atoms with E-state index in [0.717, 1.165) is 18.9 Å². The molecule has 2 aromatic rings. The second-order valence-corrected chi connectivity index (χ2v) is 6.40. The predicted molar refractivity (Wildman–Crippen MR) is 91.2 cm³/mol. The fourth-order valence-electron chi connectivity index (χ4n) is 3.09. The molecular weight excluding hydrogens is 304 g/mol. The Bertz CT molecular complexity index is 671. The highest BCUT2D eigenvalue weighted by Crippen LogP contribution is 2.16. The molecule has 2 atom stereocenters. The molecule has 1 saturated heterocycles. The van der Waals surface area contributed by atoms with Gasteiger partial charge in [-0.3, -0.25) is 4.79 Å². The molecule has 0 bridgehead atoms. The second kappa shape index (κ2) is 7.59. The van der Waals surface area contributed by atoms with Gasteiger partial charge in [0.2, 0.25) is 5.91 Å². The Morgan fingerprint density at radius 2 is 2.17 bits per heavy atom. The van der Waals surface area contributed by atoms with E-state index in [0.29, 0.717) is 19.5 Å². The zero-order valence-electron chi connectivity index (χ0n) is 13.9. The van der Waals surface area contributed by atoms with Crippen molar-refractivity contribution < 1.29 is 9.90 Å². The Hall–Kier alpha value is -2.18. The van der Waals surface area contributed by atoms with Crippen molar-refractivity contribution in [1.82, 2.24) is 19.8 Å². The first-order valence-corrected chi connectivity index (χ1v) is 8.32. The van der Waals surface area contributed by atoms with E-state index in [2.05, 4.69) is 27.3 Å². The molecule has 0 aliphatic carbocycles. The number of aromatic nitrogens is 2. The van der Waals surface area contributed by atoms with Crippen LogP contribution < -0.4 is 5.32 Å². The van der Waals surface area contributed by atoms with Crippen LogP contribution >= 0.6 is 0 Å². The number of piperidine rings is 1. The summed E-state index contributed by atoms with van der Waals surface area (Å²) in [5.74, 6) is 0.329. The molecule has 0 saturated carbocycles. The quantitative estimate of drug-likeness (QED) is 0.854. The fraction of sp³-hybridized carbons (Fsp3) is 0.444. The molecule has 1 amide bonds. The molecule has 0 radical (unpaired) electrons. The first-order valence-electron chi connectivity index (χ1n) is 8.32. The Kier molecular flexibility index (Phi) is 5.27. The molecule has 3 rings (SSSR count). The average Bonchev–Trinajstić information content (AvgIpc) is 3.03. The van der Waals surface area contributed by atoms with E-state index in [4.69, 9.17) is 0 Å². The lowest BCUT2D eigenvalue weighted by molar-refractivity contribution is -0.131. The minimum absolute atomic E-state index is 0.108. The van der Waals surface area contributed by atoms with Gasteiger partial charge in [-0.15, -0.1) is 0 Å². The van der Waals surface area contributed by atoms with Gasteiger partial charge in [0, 0.05) is 32.0 Å². The summed E-state index contributed by atoms with van der Waals surface area (Å²) < 4.78 is 2.03. The van der Waals surface area contributed by atoms with Gasteiger partial charge < -0.3 is 19.9 Å². The Morgan fingerprint density at radius 1 is 1.38 bits per heavy atom. The van der Waals surface area contributed by atoms with Gasteiger partial charge in [0.15, 0.2) is 0 Å². The molecule has 1 aromatic heterocycles. The average molecular weight is 328 g/mol. The summed E-state index contributed by atoms with van der Waals surface area (Å²) in [6.45, 7) is 2.50. The highest BCUT2D eigenvalue weighted by molar-refractivity contribution is 5.79. The van der Waals surface area contributed by atoms with Gasteiger partial charge in [0.25, 0.3) is 0 Å². The number of hydrogen-bond acceptors (Lipinski definition) is 4. The summed E-state index contributed by atoms with van der Waals surface area (Å²) in [5.41, 5.74) is 1.19. The van der Waals surface area contributed by atoms with Crippen LogP contribution in [0.3, 0.4) is 0 Å². The first-order chi connectivity index (χ1) is 11.6. The number of aliphatic hydroxyl groups excluding tert-OH is 1. The Morgan fingerprint density at radius 3 is 2.96 bits per heavy atom. The molecular formula is C18H24N4O2. The number of hydrogen-bond donors (Lipinski definition) is 2. The van der Waals surface area contributed by atoms with Crippen LogP contribution in [0.5, 0.6) is 0 Å². The zero-order valence-corrected chi connectivity index (χ0v) is 13.9. The molecule has 1 aliphatic heterocycles. The maximum atomic E-state index is 12.4. The van der Waals surface area contributed by atoms with Crippen molar-refractivity contribution in [2.45, 2.75) is 25.6 Å². The van der Waals surface area contributed by atoms with Crippen molar-refractivity contribution in [3.63, 3.8) is 0 Å². The standard InChI is InChI=1S/C18H24N4O2/c1-21-9-7-16(23)15(13-21)18(24)20-11-17-19-8-10-22(17)12-14-5-3-2-4-6-14/h2-6,8,10,15-16,23H,7,9,11-13H2,1H3,(H,20,24)/t15-,16-/m1/s1. The normalized spacial score (nSPS) is 21.6. The number of amides is 1. The minimum Gasteiger partial charge on any atom is -0.392 e. The van der Waals surface area contributed by atoms with Crippen LogP contribution in [0.4, 0.5) is 0 Å². The number of carbonyl (C=O) groups excluding carboxylic acids is 1. The lowest BCUT2D eigenvalue weighted by Crippen LogP contribution is -2.48. The number of rotatable bonds is 5. The largest absolute Gasteiger partial charge is 0.392 e. The minimum atomic E-state index is -0.565. The molecule has 128 valence electrons. The highest BCUT2D eigenvalue weighted by Gasteiger charge is 2.31. The van der Waals surface area contributed by atoms with Crippen molar-refractivity contribution in [2.24, 2.45) is 5.92 Å². The summed E-state index contributed by atoms with van der Waals surface area (Å²) >= 11 is 0. The molecule has 2 N–H and O–H groups in total. The maximum absolute atomic E-state index is 12.4. The van der Waals surface area contributed by atoms with Gasteiger partial charge in [-0.25, -0.2) is 4.98 Å². The number of nitrogens with one attached hydrogen (secondary N) is 1. The van der Waals surface area contributed by atoms with Crippen LogP contribution in [0.25, 0.3) is 0 Å². The topological polar surface area (TPSA) is 70.4 Å². The summed E-state index contributed by atoms with van der Waals surface area (Å²) in [6, 6.07) is 10.1. The van der Waals surface area contributed by atoms with Crippen molar-refractivity contribution >= 4 is 5.91 Å². The van der Waals surface area contributed by atoms with E-state index >= 15 is 0 Å². The highest BCUT2D eigenvalue weighted by atomic mass is 16.3. The third kappa shape index (κ3) is 4.01. The summed E-state index contributed by atoms with van der Waals surface area (Å²) in [5, 5.41) is 13.0. The van der Waals surface area contributed by atoms with Gasteiger partial charge in [-0.05, 0) is 19.0 Å². The van der Waals surface area contributed by atoms with Crippen LogP contribution in [0.1, 0.15) is 17.8 Å². The molecule has 1 aliphatic rings. The summed E-state index contributed by atoms with van der Waals surface area (Å²) in [4.78, 5) is 18.8. The van der Waals surface area contributed by atoms with E-state index in [1.54, 1.807) is 6.20 Å². The Balaban J connectivity index is 1.59. The molecule has 0 spiro atoms. The van der Waals surface area contributed by atoms with E-state index in [1.807, 2.05) is 36.0 Å². The van der Waals surface area contributed by atoms with E-state index in [9.17, 15) is 9.90 Å². The zero-order chi connectivity index (χ0) is 16.9. The maximum Gasteiger partial charge on any atom is 0.227 e. The smallest absolute Gasteiger partial charge is 0.227 e. The Labute approximate surface area is 142 Å². The second-order valence-electron chi connectivity index (χ2n) is 6.40. The number of likely N-dealkylation sites (tertiary alicyclic amines) is 1. The third-order valence-electron chi connectivity index (χ3n) is 4.53. The molecule has 0 unspecified atom stereocenters. The van der Waals surface area contributed by atoms with E-state index in [-0.39, 0.29) is 11.8 Å². The van der Waals surface area contributed by atoms with Crippen LogP contribution in [-0.2, 0) is 17.9 Å². The molecule has 2 heterocycles. The van der Waals surface area contributed by atoms with Gasteiger partial charge in [0.05, 0.1) is 18.6 Å². The van der Waals surface area contributed by atoms with Crippen molar-refractivity contribution in [3.05, 3.63) is 54.1 Å². The van der Waals surface area contributed by atoms with Crippen LogP contribution in [0.15, 0.2) is 42.7 Å². The van der Waals surface area contributed by atoms with Crippen LogP contribution in [0.2, 0.25) is 0 Å². The number of benzene rings is 1. The number of carbonyl (C=O) groups is 1. The van der Waals surface area contributed by atoms with Crippen LogP contribution in [0, 0.1) is 5.92 Å². The van der Waals surface area contributed by atoms with Gasteiger partial charge in [-0.1, -0.05) is 30.3 Å². The van der Waals surface area contributed by atoms with Gasteiger partial charge >= 0.3 is 0 Å². The fourth-order valence-corrected chi connectivity index (χ4v) is 3.09. The predicted octanol–water partition coefficient (Wildman–Crippen LogP) is 0.860. The summed E-state index contributed by atoms with van der Waals surface area (Å²) in [6.07, 6.45) is 3.73. The van der Waals surface area contributed by atoms with Crippen molar-refractivity contribution in [1.29, 1.82) is 0 Å². The first kappa shape index (κ1) is 16.7. The molecule has 6 nitrogen and oxygen atoms in total. The SMILES string of the molecule is CN1CC[C@@H](O)[C@H](C(=O)NCc2nccn2Cc2ccccc2)C1. The monoisotopic (exact) mass is 328 g/mol. The van der Waals surface area contributed by atoms with Crippen molar-refractivity contribution in [2.75, 3.05) is 20.1 Å². The molecule has 1 fully saturated rings. The van der Waals surface area contributed by atoms with Gasteiger partial charge in [-0.2, -0.15) is 0 Å². The van der Waals surface area contributed by atoms with Crippen molar-refractivity contribution in [3.8, 4) is 0 Å². The lowest BCUT2D eigenvalue weighted by Gasteiger charge is -2.32. The third-order valence-corrected chi connectivity index (χ3v) is 4.53. The van der Waals surface area contributed by atoms with Crippen LogP contribution in [-0.4, -0.2) is 51.7 Å². The number of imidazole rings is 1. The number of nitrogens with zero attached hydrogens (tertiary/aromatic N) is 3. The van der Waals surface area contributed by atoms with E-state index < -0.39 is 6.10 Å². The lowest BCUT2D eigenvalue weighted by atomic mass is 9.94. The van der Waals surface area contributed by atoms with Gasteiger partial charge in [0.1, 0.15) is 5.82 Å². The molecule has 1 aromatic carbocycles. The van der Waals surface area contributed by atoms with E-state index in [1.165, 1.54) is 5.56 Å².